The molecule has 268 valence electrons. The Bertz CT molecular complexity index is 680. The van der Waals surface area contributed by atoms with Crippen LogP contribution in [-0.2, 0) is 75.9 Å². The third kappa shape index (κ3) is 22.6. The largest absolute Gasteiger partial charge is 0.458 e. The number of hydrogen-bond donors (Lipinski definition) is 1. The Morgan fingerprint density at radius 2 is 0.652 bits per heavy atom. The van der Waals surface area contributed by atoms with Crippen LogP contribution in [0.15, 0.2) is 0 Å². The predicted molar refractivity (Wildman–Crippen MR) is 157 cm³/mol. The molecule has 17 heteroatoms. The molecular weight excluding hydrogens is 618 g/mol. The van der Waals surface area contributed by atoms with E-state index in [0.717, 1.165) is 0 Å². The number of nitrogens with one attached hydrogen (secondary N) is 1. The Balaban J connectivity index is 1.74. The van der Waals surface area contributed by atoms with Crippen LogP contribution in [0.5, 0.6) is 0 Å². The van der Waals surface area contributed by atoms with Crippen molar-refractivity contribution in [3.63, 3.8) is 0 Å². The van der Waals surface area contributed by atoms with Crippen LogP contribution in [0.1, 0.15) is 0 Å². The van der Waals surface area contributed by atoms with Gasteiger partial charge in [-0.3, -0.25) is 5.41 Å². The zero-order valence-corrected chi connectivity index (χ0v) is 26.7. The average molecular weight is 670 g/mol. The maximum absolute atomic E-state index is 12.5. The van der Waals surface area contributed by atoms with Gasteiger partial charge in [0.2, 0.25) is 5.71 Å². The first-order valence-corrected chi connectivity index (χ1v) is 15.6. The van der Waals surface area contributed by atoms with Gasteiger partial charge in [-0.2, -0.15) is 0 Å². The molecule has 2 unspecified atom stereocenters. The number of esters is 2. The lowest BCUT2D eigenvalue weighted by Crippen LogP contribution is -2.35. The van der Waals surface area contributed by atoms with Crippen molar-refractivity contribution in [3.05, 3.63) is 0 Å². The summed E-state index contributed by atoms with van der Waals surface area (Å²) in [4.78, 5) is 24.9. The zero-order valence-electron chi connectivity index (χ0n) is 26.7. The van der Waals surface area contributed by atoms with Crippen LogP contribution in [0.25, 0.3) is 0 Å². The lowest BCUT2D eigenvalue weighted by molar-refractivity contribution is -0.148. The summed E-state index contributed by atoms with van der Waals surface area (Å²) in [6.07, 6.45) is -1.34. The lowest BCUT2D eigenvalue weighted by atomic mass is 10.3. The van der Waals surface area contributed by atoms with Crippen LogP contribution in [0.3, 0.4) is 0 Å². The van der Waals surface area contributed by atoms with Crippen LogP contribution in [-0.4, -0.2) is 188 Å². The van der Waals surface area contributed by atoms with Crippen molar-refractivity contribution in [3.8, 4) is 0 Å². The molecule has 2 saturated heterocycles. The molecule has 1 N–H and O–H groups in total. The molecule has 46 heavy (non-hydrogen) atoms. The molecule has 0 aromatic rings. The first kappa shape index (κ1) is 40.3. The number of rotatable bonds is 6. The molecule has 17 nitrogen and oxygen atoms in total. The van der Waals surface area contributed by atoms with E-state index >= 15 is 0 Å². The van der Waals surface area contributed by atoms with Crippen LogP contribution < -0.4 is 0 Å². The predicted octanol–water partition coefficient (Wildman–Crippen LogP) is -0.944. The Morgan fingerprint density at radius 1 is 0.413 bits per heavy atom. The smallest absolute Gasteiger partial charge is 0.363 e. The highest BCUT2D eigenvalue weighted by molar-refractivity contribution is 6.61. The molecule has 0 aliphatic carbocycles. The maximum Gasteiger partial charge on any atom is 0.363 e. The summed E-state index contributed by atoms with van der Waals surface area (Å²) in [6.45, 7) is 7.03. The zero-order chi connectivity index (χ0) is 32.8. The van der Waals surface area contributed by atoms with E-state index in [4.69, 9.17) is 71.7 Å². The van der Waals surface area contributed by atoms with Gasteiger partial charge in [-0.1, -0.05) is 0 Å². The summed E-state index contributed by atoms with van der Waals surface area (Å²) in [7, 11) is 0. The summed E-state index contributed by atoms with van der Waals surface area (Å²) in [5.74, 6) is -2.33. The van der Waals surface area contributed by atoms with Gasteiger partial charge in [-0.25, -0.2) is 9.59 Å². The molecule has 0 aromatic carbocycles. The van der Waals surface area contributed by atoms with Crippen molar-refractivity contribution in [2.75, 3.05) is 159 Å². The van der Waals surface area contributed by atoms with Crippen LogP contribution in [0, 0.1) is 5.41 Å². The highest BCUT2D eigenvalue weighted by Gasteiger charge is 2.25. The molecule has 0 bridgehead atoms. The minimum Gasteiger partial charge on any atom is -0.458 e. The van der Waals surface area contributed by atoms with Crippen molar-refractivity contribution in [1.82, 2.24) is 0 Å². The van der Waals surface area contributed by atoms with Gasteiger partial charge in [0.15, 0.2) is 0 Å². The fraction of sp³-hybridized carbons (Fsp3) is 0.897. The molecule has 0 amide bonds. The first-order valence-electron chi connectivity index (χ1n) is 15.6. The maximum atomic E-state index is 12.5. The summed E-state index contributed by atoms with van der Waals surface area (Å²) in [5.41, 5.74) is -0.972. The van der Waals surface area contributed by atoms with Gasteiger partial charge in [0.05, 0.1) is 145 Å². The van der Waals surface area contributed by atoms with Crippen molar-refractivity contribution in [1.29, 1.82) is 5.41 Å². The first-order chi connectivity index (χ1) is 22.7. The molecule has 0 spiro atoms. The second-order valence-electron chi connectivity index (χ2n) is 9.61. The number of ether oxygens (including phenoxy) is 14. The summed E-state index contributed by atoms with van der Waals surface area (Å²) in [6, 6.07) is 0. The highest BCUT2D eigenvalue weighted by atomic mass is 16.6. The SMILES string of the molecule is N=C(C(=O)OCC1COCCOCCOCCOCCOCCO1)C(=O)OCC1COCCOCCOCCOCCOCCO1. The minimum absolute atomic E-state index is 0.0859. The van der Waals surface area contributed by atoms with Gasteiger partial charge in [0.1, 0.15) is 25.4 Å². The Morgan fingerprint density at radius 3 is 0.935 bits per heavy atom. The average Bonchev–Trinajstić information content (AvgIpc) is 3.06. The van der Waals surface area contributed by atoms with E-state index in [1.807, 2.05) is 0 Å². The fourth-order valence-corrected chi connectivity index (χ4v) is 3.59. The summed E-state index contributed by atoms with van der Waals surface area (Å²) >= 11 is 0. The van der Waals surface area contributed by atoms with Crippen LogP contribution in [0.4, 0.5) is 0 Å². The van der Waals surface area contributed by atoms with Gasteiger partial charge < -0.3 is 66.3 Å². The van der Waals surface area contributed by atoms with Crippen molar-refractivity contribution in [2.45, 2.75) is 12.2 Å². The van der Waals surface area contributed by atoms with E-state index in [0.29, 0.717) is 92.5 Å². The van der Waals surface area contributed by atoms with Crippen LogP contribution >= 0.6 is 0 Å². The van der Waals surface area contributed by atoms with E-state index in [-0.39, 0.29) is 66.1 Å². The fourth-order valence-electron chi connectivity index (χ4n) is 3.59. The van der Waals surface area contributed by atoms with Crippen molar-refractivity contribution in [2.24, 2.45) is 0 Å². The molecule has 2 heterocycles. The molecule has 2 atom stereocenters. The normalized spacial score (nSPS) is 24.6. The topological polar surface area (TPSA) is 187 Å². The number of carbonyl (C=O) groups excluding carboxylic acids is 2. The van der Waals surface area contributed by atoms with E-state index in [9.17, 15) is 9.59 Å². The molecule has 2 aliphatic rings. The molecular formula is C29H51NO16. The monoisotopic (exact) mass is 669 g/mol. The van der Waals surface area contributed by atoms with Gasteiger partial charge in [0, 0.05) is 0 Å². The van der Waals surface area contributed by atoms with E-state index in [2.05, 4.69) is 0 Å². The van der Waals surface area contributed by atoms with Crippen LogP contribution in [0.2, 0.25) is 0 Å². The summed E-state index contributed by atoms with van der Waals surface area (Å²) in [5, 5.41) is 7.95. The highest BCUT2D eigenvalue weighted by Crippen LogP contribution is 2.01. The Labute approximate surface area is 270 Å². The van der Waals surface area contributed by atoms with Gasteiger partial charge >= 0.3 is 11.9 Å². The Kier molecular flexibility index (Phi) is 25.7. The summed E-state index contributed by atoms with van der Waals surface area (Å²) < 4.78 is 76.4. The second-order valence-corrected chi connectivity index (χ2v) is 9.61. The standard InChI is InChI=1S/C29H51NO16/c30-27(28(31)45-23-25-21-41-15-13-37-7-5-33-1-3-35-9-11-39-17-19-43-25)29(32)46-24-26-22-42-16-14-38-8-6-34-2-4-36-10-12-40-18-20-44-26/h25-26,30H,1-24H2. The molecule has 2 aliphatic heterocycles. The van der Waals surface area contributed by atoms with E-state index < -0.39 is 29.9 Å². The van der Waals surface area contributed by atoms with Gasteiger partial charge in [-0.15, -0.1) is 0 Å². The van der Waals surface area contributed by atoms with Gasteiger partial charge in [0.25, 0.3) is 0 Å². The molecule has 0 saturated carbocycles. The van der Waals surface area contributed by atoms with E-state index in [1.165, 1.54) is 0 Å². The lowest BCUT2D eigenvalue weighted by Gasteiger charge is -2.19. The van der Waals surface area contributed by atoms with Crippen molar-refractivity contribution < 1.29 is 75.9 Å². The third-order valence-corrected chi connectivity index (χ3v) is 5.95. The van der Waals surface area contributed by atoms with Gasteiger partial charge in [-0.05, 0) is 0 Å². The van der Waals surface area contributed by atoms with Crippen molar-refractivity contribution >= 4 is 17.7 Å². The second kappa shape index (κ2) is 29.3. The minimum atomic E-state index is -1.16. The molecule has 0 aromatic heterocycles. The number of carbonyl (C=O) groups is 2. The van der Waals surface area contributed by atoms with E-state index in [1.54, 1.807) is 0 Å². The molecule has 0 radical (unpaired) electrons. The molecule has 2 rings (SSSR count). The number of hydrogen-bond acceptors (Lipinski definition) is 17. The third-order valence-electron chi connectivity index (χ3n) is 5.95. The Hall–Kier alpha value is -1.87. The molecule has 2 fully saturated rings. The quantitative estimate of drug-likeness (QED) is 0.207.